The lowest BCUT2D eigenvalue weighted by atomic mass is 10.3. The number of nitrogens with one attached hydrogen (secondary N) is 2. The van der Waals surface area contributed by atoms with Gasteiger partial charge in [-0.25, -0.2) is 4.79 Å². The van der Waals surface area contributed by atoms with Crippen LogP contribution in [0.15, 0.2) is 12.2 Å². The number of carboxylic acid groups (broad SMARTS) is 1. The molecule has 0 bridgehead atoms. The molecule has 0 atom stereocenters. The van der Waals surface area contributed by atoms with E-state index in [1.54, 1.807) is 0 Å². The lowest BCUT2D eigenvalue weighted by Gasteiger charge is -2.03. The molecule has 1 fully saturated rings. The molecule has 1 rings (SSSR count). The van der Waals surface area contributed by atoms with Gasteiger partial charge < -0.3 is 15.7 Å². The summed E-state index contributed by atoms with van der Waals surface area (Å²) in [4.78, 5) is 32.2. The fraction of sp³-hybridized carbons (Fsp3) is 0.500. The molecule has 0 unspecified atom stereocenters. The quantitative estimate of drug-likeness (QED) is 0.527. The van der Waals surface area contributed by atoms with E-state index in [-0.39, 0.29) is 18.9 Å². The van der Waals surface area contributed by atoms with Crippen molar-refractivity contribution < 1.29 is 19.5 Å². The second-order valence-corrected chi connectivity index (χ2v) is 3.55. The average molecular weight is 226 g/mol. The summed E-state index contributed by atoms with van der Waals surface area (Å²) in [5, 5.41) is 13.4. The van der Waals surface area contributed by atoms with E-state index in [2.05, 4.69) is 10.6 Å². The van der Waals surface area contributed by atoms with E-state index in [0.717, 1.165) is 25.0 Å². The van der Waals surface area contributed by atoms with Crippen LogP contribution in [-0.4, -0.2) is 35.5 Å². The minimum Gasteiger partial charge on any atom is -0.478 e. The van der Waals surface area contributed by atoms with Gasteiger partial charge in [0, 0.05) is 31.2 Å². The maximum atomic E-state index is 11.2. The summed E-state index contributed by atoms with van der Waals surface area (Å²) < 4.78 is 0. The Morgan fingerprint density at radius 1 is 1.25 bits per heavy atom. The largest absolute Gasteiger partial charge is 0.478 e. The Hall–Kier alpha value is -1.85. The Labute approximate surface area is 92.7 Å². The Kier molecular flexibility index (Phi) is 4.50. The number of aliphatic carboxylic acids is 1. The number of carbonyl (C=O) groups excluding carboxylic acids is 2. The molecule has 1 aliphatic carbocycles. The number of rotatable bonds is 6. The Balaban J connectivity index is 2.07. The highest BCUT2D eigenvalue weighted by molar-refractivity contribution is 5.94. The van der Waals surface area contributed by atoms with Gasteiger partial charge in [0.25, 0.3) is 0 Å². The highest BCUT2D eigenvalue weighted by Gasteiger charge is 2.22. The first-order chi connectivity index (χ1) is 7.58. The van der Waals surface area contributed by atoms with Crippen LogP contribution in [0.5, 0.6) is 0 Å². The number of carboxylic acids is 1. The summed E-state index contributed by atoms with van der Waals surface area (Å²) in [5.41, 5.74) is 0. The Bertz CT molecular complexity index is 321. The minimum absolute atomic E-state index is 0.0926. The smallest absolute Gasteiger partial charge is 0.328 e. The molecule has 0 spiro atoms. The summed E-state index contributed by atoms with van der Waals surface area (Å²) in [5.74, 6) is -1.78. The minimum atomic E-state index is -1.18. The van der Waals surface area contributed by atoms with Gasteiger partial charge in [0.05, 0.1) is 0 Å². The Morgan fingerprint density at radius 3 is 2.50 bits per heavy atom. The van der Waals surface area contributed by atoms with E-state index in [1.165, 1.54) is 0 Å². The van der Waals surface area contributed by atoms with Crippen molar-refractivity contribution in [3.05, 3.63) is 12.2 Å². The summed E-state index contributed by atoms with van der Waals surface area (Å²) in [6.07, 6.45) is 3.93. The molecule has 3 N–H and O–H groups in total. The standard InChI is InChI=1S/C10H14N2O4/c13-8(3-4-10(15)16)11-6-5-9(14)12-7-1-2-7/h3-4,7H,1-2,5-6H2,(H,11,13)(H,12,14)(H,15,16). The van der Waals surface area contributed by atoms with Crippen LogP contribution >= 0.6 is 0 Å². The molecule has 1 aliphatic rings. The van der Waals surface area contributed by atoms with Crippen molar-refractivity contribution in [1.29, 1.82) is 0 Å². The van der Waals surface area contributed by atoms with Gasteiger partial charge >= 0.3 is 5.97 Å². The van der Waals surface area contributed by atoms with Gasteiger partial charge in [-0.15, -0.1) is 0 Å². The van der Waals surface area contributed by atoms with Crippen LogP contribution < -0.4 is 10.6 Å². The van der Waals surface area contributed by atoms with Crippen LogP contribution in [0, 0.1) is 0 Å². The molecule has 0 aromatic carbocycles. The molecule has 1 saturated carbocycles. The van der Waals surface area contributed by atoms with Crippen molar-refractivity contribution in [2.75, 3.05) is 6.54 Å². The van der Waals surface area contributed by atoms with Gasteiger partial charge in [-0.3, -0.25) is 9.59 Å². The second-order valence-electron chi connectivity index (χ2n) is 3.55. The summed E-state index contributed by atoms with van der Waals surface area (Å²) in [6, 6.07) is 0.315. The van der Waals surface area contributed by atoms with E-state index < -0.39 is 11.9 Å². The fourth-order valence-corrected chi connectivity index (χ4v) is 1.03. The predicted molar refractivity (Wildman–Crippen MR) is 55.6 cm³/mol. The fourth-order valence-electron chi connectivity index (χ4n) is 1.03. The molecule has 0 aromatic rings. The van der Waals surface area contributed by atoms with Gasteiger partial charge in [0.15, 0.2) is 0 Å². The highest BCUT2D eigenvalue weighted by Crippen LogP contribution is 2.18. The molecule has 88 valence electrons. The van der Waals surface area contributed by atoms with Gasteiger partial charge in [-0.2, -0.15) is 0 Å². The number of hydrogen-bond donors (Lipinski definition) is 3. The topological polar surface area (TPSA) is 95.5 Å². The van der Waals surface area contributed by atoms with Crippen LogP contribution in [0.2, 0.25) is 0 Å². The molecule has 6 heteroatoms. The third-order valence-electron chi connectivity index (χ3n) is 1.97. The van der Waals surface area contributed by atoms with Crippen molar-refractivity contribution in [3.63, 3.8) is 0 Å². The van der Waals surface area contributed by atoms with Crippen LogP contribution in [0.3, 0.4) is 0 Å². The van der Waals surface area contributed by atoms with Gasteiger partial charge in [0.1, 0.15) is 0 Å². The molecular formula is C10H14N2O4. The molecule has 16 heavy (non-hydrogen) atoms. The van der Waals surface area contributed by atoms with E-state index in [1.807, 2.05) is 0 Å². The lowest BCUT2D eigenvalue weighted by molar-refractivity contribution is -0.131. The van der Waals surface area contributed by atoms with Crippen molar-refractivity contribution in [2.45, 2.75) is 25.3 Å². The molecule has 6 nitrogen and oxygen atoms in total. The number of carbonyl (C=O) groups is 3. The number of amides is 2. The first-order valence-corrected chi connectivity index (χ1v) is 5.06. The van der Waals surface area contributed by atoms with Gasteiger partial charge in [-0.05, 0) is 12.8 Å². The number of hydrogen-bond acceptors (Lipinski definition) is 3. The maximum absolute atomic E-state index is 11.2. The van der Waals surface area contributed by atoms with Crippen molar-refractivity contribution >= 4 is 17.8 Å². The average Bonchev–Trinajstić information content (AvgIpc) is 2.98. The van der Waals surface area contributed by atoms with Crippen LogP contribution in [-0.2, 0) is 14.4 Å². The Morgan fingerprint density at radius 2 is 1.94 bits per heavy atom. The van der Waals surface area contributed by atoms with Crippen molar-refractivity contribution in [2.24, 2.45) is 0 Å². The second kappa shape index (κ2) is 5.89. The zero-order chi connectivity index (χ0) is 12.0. The first-order valence-electron chi connectivity index (χ1n) is 5.06. The monoisotopic (exact) mass is 226 g/mol. The molecule has 0 radical (unpaired) electrons. The molecule has 0 aliphatic heterocycles. The van der Waals surface area contributed by atoms with E-state index in [9.17, 15) is 14.4 Å². The molecular weight excluding hydrogens is 212 g/mol. The molecule has 0 heterocycles. The molecule has 0 saturated heterocycles. The van der Waals surface area contributed by atoms with E-state index in [0.29, 0.717) is 6.04 Å². The molecule has 0 aromatic heterocycles. The summed E-state index contributed by atoms with van der Waals surface area (Å²) in [6.45, 7) is 0.210. The third kappa shape index (κ3) is 5.79. The van der Waals surface area contributed by atoms with E-state index >= 15 is 0 Å². The van der Waals surface area contributed by atoms with E-state index in [4.69, 9.17) is 5.11 Å². The molecule has 2 amide bonds. The van der Waals surface area contributed by atoms with Crippen molar-refractivity contribution in [1.82, 2.24) is 10.6 Å². The maximum Gasteiger partial charge on any atom is 0.328 e. The van der Waals surface area contributed by atoms with Crippen LogP contribution in [0.25, 0.3) is 0 Å². The SMILES string of the molecule is O=C(O)C=CC(=O)NCCC(=O)NC1CC1. The van der Waals surface area contributed by atoms with Gasteiger partial charge in [-0.1, -0.05) is 0 Å². The summed E-state index contributed by atoms with van der Waals surface area (Å²) >= 11 is 0. The van der Waals surface area contributed by atoms with Crippen LogP contribution in [0.4, 0.5) is 0 Å². The summed E-state index contributed by atoms with van der Waals surface area (Å²) in [7, 11) is 0. The van der Waals surface area contributed by atoms with Crippen LogP contribution in [0.1, 0.15) is 19.3 Å². The van der Waals surface area contributed by atoms with Crippen molar-refractivity contribution in [3.8, 4) is 0 Å². The lowest BCUT2D eigenvalue weighted by Crippen LogP contribution is -2.31. The highest BCUT2D eigenvalue weighted by atomic mass is 16.4. The first kappa shape index (κ1) is 12.2. The zero-order valence-electron chi connectivity index (χ0n) is 8.73. The predicted octanol–water partition coefficient (Wildman–Crippen LogP) is -0.588. The normalized spacial score (nSPS) is 14.8. The zero-order valence-corrected chi connectivity index (χ0v) is 8.73. The third-order valence-corrected chi connectivity index (χ3v) is 1.97. The van der Waals surface area contributed by atoms with Gasteiger partial charge in [0.2, 0.25) is 11.8 Å².